The highest BCUT2D eigenvalue weighted by Crippen LogP contribution is 2.07. The van der Waals surface area contributed by atoms with E-state index in [1.54, 1.807) is 0 Å². The molecular weight excluding hydrogens is 200 g/mol. The van der Waals surface area contributed by atoms with E-state index in [1.807, 2.05) is 54.6 Å². The van der Waals surface area contributed by atoms with Crippen LogP contribution >= 0.6 is 0 Å². The maximum Gasteiger partial charge on any atom is 0.331 e. The smallest absolute Gasteiger partial charge is 0.331 e. The third-order valence-electron chi connectivity index (χ3n) is 2.19. The van der Waals surface area contributed by atoms with E-state index in [0.717, 1.165) is 11.1 Å². The first-order chi connectivity index (χ1) is 7.84. The Hall–Kier alpha value is -2.09. The first kappa shape index (κ1) is 10.4. The van der Waals surface area contributed by atoms with Crippen molar-refractivity contribution in [1.29, 1.82) is 0 Å². The molecule has 0 spiro atoms. The first-order valence-electron chi connectivity index (χ1n) is 5.12. The summed E-state index contributed by atoms with van der Waals surface area (Å²) in [6, 6.07) is 10.0. The minimum Gasteiger partial charge on any atom is -0.458 e. The van der Waals surface area contributed by atoms with Crippen molar-refractivity contribution < 1.29 is 9.53 Å². The van der Waals surface area contributed by atoms with Gasteiger partial charge in [-0.05, 0) is 11.1 Å². The minimum atomic E-state index is -0.258. The molecule has 0 fully saturated rings. The number of allylic oxidation sites excluding steroid dienone is 2. The first-order valence-corrected chi connectivity index (χ1v) is 5.12. The number of esters is 1. The van der Waals surface area contributed by atoms with Gasteiger partial charge in [-0.15, -0.1) is 0 Å². The molecule has 0 amide bonds. The second-order valence-electron chi connectivity index (χ2n) is 3.46. The Morgan fingerprint density at radius 3 is 2.50 bits per heavy atom. The lowest BCUT2D eigenvalue weighted by molar-refractivity contribution is -0.134. The molecule has 1 aromatic carbocycles. The highest BCUT2D eigenvalue weighted by molar-refractivity contribution is 5.86. The van der Waals surface area contributed by atoms with Gasteiger partial charge in [-0.2, -0.15) is 0 Å². The molecule has 0 N–H and O–H groups in total. The largest absolute Gasteiger partial charge is 0.458 e. The van der Waals surface area contributed by atoms with E-state index in [-0.39, 0.29) is 5.97 Å². The SMILES string of the molecule is O=C1C=C(/C=C/C=C/c2ccccc2)CO1. The predicted octanol–water partition coefficient (Wildman–Crippen LogP) is 2.74. The van der Waals surface area contributed by atoms with Gasteiger partial charge in [0.2, 0.25) is 0 Å². The zero-order chi connectivity index (χ0) is 11.2. The number of cyclic esters (lactones) is 1. The highest BCUT2D eigenvalue weighted by atomic mass is 16.5. The van der Waals surface area contributed by atoms with Crippen molar-refractivity contribution in [2.75, 3.05) is 6.61 Å². The molecule has 2 nitrogen and oxygen atoms in total. The van der Waals surface area contributed by atoms with Crippen molar-refractivity contribution in [1.82, 2.24) is 0 Å². The van der Waals surface area contributed by atoms with Crippen LogP contribution in [0.25, 0.3) is 6.08 Å². The molecule has 16 heavy (non-hydrogen) atoms. The monoisotopic (exact) mass is 212 g/mol. The summed E-state index contributed by atoms with van der Waals surface area (Å²) in [7, 11) is 0. The molecule has 1 aliphatic rings. The molecule has 0 unspecified atom stereocenters. The summed E-state index contributed by atoms with van der Waals surface area (Å²) in [4.78, 5) is 10.8. The molecule has 0 radical (unpaired) electrons. The summed E-state index contributed by atoms with van der Waals surface area (Å²) in [6.45, 7) is 0.383. The quantitative estimate of drug-likeness (QED) is 0.569. The molecular formula is C14H12O2. The van der Waals surface area contributed by atoms with Crippen molar-refractivity contribution >= 4 is 12.0 Å². The lowest BCUT2D eigenvalue weighted by atomic mass is 10.2. The Balaban J connectivity index is 1.92. The molecule has 1 aliphatic heterocycles. The molecule has 0 saturated heterocycles. The van der Waals surface area contributed by atoms with Crippen LogP contribution in [-0.4, -0.2) is 12.6 Å². The van der Waals surface area contributed by atoms with Gasteiger partial charge in [0.05, 0.1) is 0 Å². The normalized spacial score (nSPS) is 15.8. The Morgan fingerprint density at radius 2 is 1.81 bits per heavy atom. The molecule has 0 bridgehead atoms. The van der Waals surface area contributed by atoms with Crippen molar-refractivity contribution in [3.8, 4) is 0 Å². The topological polar surface area (TPSA) is 26.3 Å². The number of hydrogen-bond acceptors (Lipinski definition) is 2. The van der Waals surface area contributed by atoms with Gasteiger partial charge in [0.1, 0.15) is 6.61 Å². The lowest BCUT2D eigenvalue weighted by Gasteiger charge is -1.90. The van der Waals surface area contributed by atoms with E-state index in [2.05, 4.69) is 0 Å². The van der Waals surface area contributed by atoms with Gasteiger partial charge in [-0.25, -0.2) is 4.79 Å². The van der Waals surface area contributed by atoms with Crippen LogP contribution in [0.2, 0.25) is 0 Å². The standard InChI is InChI=1S/C14H12O2/c15-14-10-13(11-16-14)9-5-4-8-12-6-2-1-3-7-12/h1-10H,11H2/b8-4+,9-5+. The number of ether oxygens (including phenoxy) is 1. The molecule has 0 aromatic heterocycles. The van der Waals surface area contributed by atoms with E-state index < -0.39 is 0 Å². The number of hydrogen-bond donors (Lipinski definition) is 0. The van der Waals surface area contributed by atoms with Gasteiger partial charge in [0.25, 0.3) is 0 Å². The maximum absolute atomic E-state index is 10.8. The second kappa shape index (κ2) is 5.12. The fourth-order valence-corrected chi connectivity index (χ4v) is 1.40. The molecule has 2 rings (SSSR count). The fraction of sp³-hybridized carbons (Fsp3) is 0.0714. The summed E-state index contributed by atoms with van der Waals surface area (Å²) in [6.07, 6.45) is 9.24. The molecule has 2 heteroatoms. The van der Waals surface area contributed by atoms with E-state index in [1.165, 1.54) is 6.08 Å². The van der Waals surface area contributed by atoms with E-state index >= 15 is 0 Å². The maximum atomic E-state index is 10.8. The molecule has 0 saturated carbocycles. The Kier molecular flexibility index (Phi) is 3.34. The van der Waals surface area contributed by atoms with Crippen LogP contribution in [0, 0.1) is 0 Å². The third-order valence-corrected chi connectivity index (χ3v) is 2.19. The van der Waals surface area contributed by atoms with Crippen LogP contribution in [-0.2, 0) is 9.53 Å². The number of carbonyl (C=O) groups is 1. The minimum absolute atomic E-state index is 0.258. The number of benzene rings is 1. The van der Waals surface area contributed by atoms with E-state index in [0.29, 0.717) is 6.61 Å². The van der Waals surface area contributed by atoms with Crippen LogP contribution in [0.5, 0.6) is 0 Å². The van der Waals surface area contributed by atoms with Crippen LogP contribution < -0.4 is 0 Å². The van der Waals surface area contributed by atoms with Gasteiger partial charge in [0, 0.05) is 6.08 Å². The van der Waals surface area contributed by atoms with Crippen LogP contribution in [0.1, 0.15) is 5.56 Å². The van der Waals surface area contributed by atoms with Crippen molar-refractivity contribution in [2.24, 2.45) is 0 Å². The molecule has 0 atom stereocenters. The predicted molar refractivity (Wildman–Crippen MR) is 63.7 cm³/mol. The zero-order valence-electron chi connectivity index (χ0n) is 8.80. The Bertz CT molecular complexity index is 453. The zero-order valence-corrected chi connectivity index (χ0v) is 8.80. The van der Waals surface area contributed by atoms with Gasteiger partial charge in [-0.1, -0.05) is 54.6 Å². The summed E-state index contributed by atoms with van der Waals surface area (Å²) in [5.74, 6) is -0.258. The van der Waals surface area contributed by atoms with Crippen molar-refractivity contribution in [2.45, 2.75) is 0 Å². The summed E-state index contributed by atoms with van der Waals surface area (Å²) in [5.41, 5.74) is 2.06. The number of carbonyl (C=O) groups excluding carboxylic acids is 1. The average Bonchev–Trinajstić information content (AvgIpc) is 2.72. The van der Waals surface area contributed by atoms with Crippen LogP contribution in [0.3, 0.4) is 0 Å². The van der Waals surface area contributed by atoms with Gasteiger partial charge in [-0.3, -0.25) is 0 Å². The Morgan fingerprint density at radius 1 is 1.06 bits per heavy atom. The summed E-state index contributed by atoms with van der Waals surface area (Å²) >= 11 is 0. The summed E-state index contributed by atoms with van der Waals surface area (Å²) < 4.78 is 4.77. The second-order valence-corrected chi connectivity index (χ2v) is 3.46. The third kappa shape index (κ3) is 2.95. The van der Waals surface area contributed by atoms with Crippen LogP contribution in [0.15, 0.2) is 60.2 Å². The van der Waals surface area contributed by atoms with Crippen molar-refractivity contribution in [3.05, 3.63) is 65.8 Å². The molecule has 1 heterocycles. The van der Waals surface area contributed by atoms with Crippen LogP contribution in [0.4, 0.5) is 0 Å². The van der Waals surface area contributed by atoms with Crippen molar-refractivity contribution in [3.63, 3.8) is 0 Å². The lowest BCUT2D eigenvalue weighted by Crippen LogP contribution is -1.90. The van der Waals surface area contributed by atoms with Gasteiger partial charge in [0.15, 0.2) is 0 Å². The van der Waals surface area contributed by atoms with E-state index in [4.69, 9.17) is 4.74 Å². The molecule has 80 valence electrons. The fourth-order valence-electron chi connectivity index (χ4n) is 1.40. The average molecular weight is 212 g/mol. The molecule has 0 aliphatic carbocycles. The van der Waals surface area contributed by atoms with E-state index in [9.17, 15) is 4.79 Å². The van der Waals surface area contributed by atoms with Gasteiger partial charge < -0.3 is 4.74 Å². The highest BCUT2D eigenvalue weighted by Gasteiger charge is 2.08. The summed E-state index contributed by atoms with van der Waals surface area (Å²) in [5, 5.41) is 0. The van der Waals surface area contributed by atoms with Gasteiger partial charge >= 0.3 is 5.97 Å². The number of rotatable bonds is 3. The molecule has 1 aromatic rings. The Labute approximate surface area is 94.6 Å².